The maximum Gasteiger partial charge on any atom is 0.315 e. The predicted octanol–water partition coefficient (Wildman–Crippen LogP) is 2.89. The molecule has 0 aliphatic heterocycles. The molecule has 1 heterocycles. The molecule has 0 radical (unpaired) electrons. The molecule has 0 spiro atoms. The summed E-state index contributed by atoms with van der Waals surface area (Å²) in [6.07, 6.45) is 12.2. The van der Waals surface area contributed by atoms with E-state index in [9.17, 15) is 4.79 Å². The number of pyridine rings is 1. The highest BCUT2D eigenvalue weighted by Gasteiger charge is 2.34. The van der Waals surface area contributed by atoms with Crippen LogP contribution in [0.3, 0.4) is 0 Å². The molecule has 4 heteroatoms. The SMILES string of the molecule is O=C(NCCc1ccncc1)N[C@@H]1CCC[C@H](C2CC2)C1. The third-order valence-electron chi connectivity index (χ3n) is 4.79. The molecule has 0 aromatic carbocycles. The van der Waals surface area contributed by atoms with Crippen LogP contribution in [-0.2, 0) is 6.42 Å². The van der Waals surface area contributed by atoms with Gasteiger partial charge in [0.1, 0.15) is 0 Å². The van der Waals surface area contributed by atoms with Gasteiger partial charge >= 0.3 is 6.03 Å². The standard InChI is InChI=1S/C17H25N3O/c21-17(19-11-8-13-6-9-18-10-7-13)20-16-3-1-2-15(12-16)14-4-5-14/h6-7,9-10,14-16H,1-5,8,11-12H2,(H2,19,20,21)/t15-,16+/m0/s1. The van der Waals surface area contributed by atoms with E-state index in [0.29, 0.717) is 12.6 Å². The number of aromatic nitrogens is 1. The van der Waals surface area contributed by atoms with Gasteiger partial charge < -0.3 is 10.6 Å². The molecule has 0 saturated heterocycles. The first-order chi connectivity index (χ1) is 10.3. The lowest BCUT2D eigenvalue weighted by Crippen LogP contribution is -2.44. The lowest BCUT2D eigenvalue weighted by molar-refractivity contribution is 0.221. The summed E-state index contributed by atoms with van der Waals surface area (Å²) >= 11 is 0. The molecule has 2 aliphatic carbocycles. The van der Waals surface area contributed by atoms with Crippen LogP contribution >= 0.6 is 0 Å². The van der Waals surface area contributed by atoms with Gasteiger partial charge in [0.05, 0.1) is 0 Å². The number of hydrogen-bond donors (Lipinski definition) is 2. The Morgan fingerprint density at radius 2 is 1.95 bits per heavy atom. The van der Waals surface area contributed by atoms with Crippen molar-refractivity contribution in [2.75, 3.05) is 6.54 Å². The van der Waals surface area contributed by atoms with E-state index in [1.807, 2.05) is 12.1 Å². The molecule has 0 unspecified atom stereocenters. The number of hydrogen-bond acceptors (Lipinski definition) is 2. The molecule has 3 rings (SSSR count). The van der Waals surface area contributed by atoms with Crippen LogP contribution in [0.2, 0.25) is 0 Å². The second-order valence-electron chi connectivity index (χ2n) is 6.47. The van der Waals surface area contributed by atoms with Crippen LogP contribution in [0.5, 0.6) is 0 Å². The first-order valence-corrected chi connectivity index (χ1v) is 8.24. The molecule has 21 heavy (non-hydrogen) atoms. The Hall–Kier alpha value is -1.58. The lowest BCUT2D eigenvalue weighted by atomic mass is 9.83. The Labute approximate surface area is 126 Å². The Kier molecular flexibility index (Phi) is 4.73. The summed E-state index contributed by atoms with van der Waals surface area (Å²) < 4.78 is 0. The summed E-state index contributed by atoms with van der Waals surface area (Å²) in [4.78, 5) is 16.0. The Bertz CT molecular complexity index is 458. The summed E-state index contributed by atoms with van der Waals surface area (Å²) in [5, 5.41) is 6.12. The molecule has 2 N–H and O–H groups in total. The summed E-state index contributed by atoms with van der Waals surface area (Å²) in [6, 6.07) is 4.35. The van der Waals surface area contributed by atoms with Crippen molar-refractivity contribution in [2.24, 2.45) is 11.8 Å². The second kappa shape index (κ2) is 6.92. The highest BCUT2D eigenvalue weighted by atomic mass is 16.2. The minimum atomic E-state index is -0.00879. The molecule has 114 valence electrons. The van der Waals surface area contributed by atoms with Crippen LogP contribution in [0.1, 0.15) is 44.1 Å². The van der Waals surface area contributed by atoms with E-state index in [4.69, 9.17) is 0 Å². The van der Waals surface area contributed by atoms with Gasteiger partial charge in [-0.25, -0.2) is 4.79 Å². The summed E-state index contributed by atoms with van der Waals surface area (Å²) in [5.74, 6) is 1.82. The van der Waals surface area contributed by atoms with Crippen LogP contribution < -0.4 is 10.6 Å². The third kappa shape index (κ3) is 4.45. The lowest BCUT2D eigenvalue weighted by Gasteiger charge is -2.29. The number of rotatable bonds is 5. The minimum absolute atomic E-state index is 0.00879. The zero-order chi connectivity index (χ0) is 14.5. The molecule has 2 atom stereocenters. The topological polar surface area (TPSA) is 54.0 Å². The summed E-state index contributed by atoms with van der Waals surface area (Å²) in [7, 11) is 0. The minimum Gasteiger partial charge on any atom is -0.338 e. The quantitative estimate of drug-likeness (QED) is 0.875. The van der Waals surface area contributed by atoms with Crippen molar-refractivity contribution in [3.8, 4) is 0 Å². The molecule has 0 bridgehead atoms. The van der Waals surface area contributed by atoms with Crippen molar-refractivity contribution in [1.29, 1.82) is 0 Å². The second-order valence-corrected chi connectivity index (χ2v) is 6.47. The maximum atomic E-state index is 12.0. The van der Waals surface area contributed by atoms with Crippen LogP contribution in [-0.4, -0.2) is 23.6 Å². The van der Waals surface area contributed by atoms with Crippen LogP contribution in [0.4, 0.5) is 4.79 Å². The fourth-order valence-electron chi connectivity index (χ4n) is 3.46. The number of carbonyl (C=O) groups is 1. The molecule has 2 saturated carbocycles. The molecule has 4 nitrogen and oxygen atoms in total. The molecule has 2 aliphatic rings. The average Bonchev–Trinajstić information content (AvgIpc) is 3.33. The van der Waals surface area contributed by atoms with Crippen molar-refractivity contribution in [1.82, 2.24) is 15.6 Å². The van der Waals surface area contributed by atoms with Gasteiger partial charge in [0.15, 0.2) is 0 Å². The molecule has 2 amide bonds. The molecular formula is C17H25N3O. The van der Waals surface area contributed by atoms with Gasteiger partial charge in [-0.05, 0) is 61.6 Å². The van der Waals surface area contributed by atoms with Crippen molar-refractivity contribution in [2.45, 2.75) is 51.0 Å². The van der Waals surface area contributed by atoms with Gasteiger partial charge in [0.25, 0.3) is 0 Å². The van der Waals surface area contributed by atoms with E-state index in [-0.39, 0.29) is 6.03 Å². The summed E-state index contributed by atoms with van der Waals surface area (Å²) in [6.45, 7) is 0.675. The molecule has 1 aromatic rings. The van der Waals surface area contributed by atoms with E-state index in [0.717, 1.165) is 24.7 Å². The normalized spacial score (nSPS) is 25.3. The van der Waals surface area contributed by atoms with Crippen LogP contribution in [0.25, 0.3) is 0 Å². The Balaban J connectivity index is 1.35. The van der Waals surface area contributed by atoms with E-state index < -0.39 is 0 Å². The molecule has 1 aromatic heterocycles. The predicted molar refractivity (Wildman–Crippen MR) is 82.9 cm³/mol. The van der Waals surface area contributed by atoms with Gasteiger partial charge in [0, 0.05) is 25.0 Å². The molecule has 2 fully saturated rings. The maximum absolute atomic E-state index is 12.0. The fraction of sp³-hybridized carbons (Fsp3) is 0.647. The molecular weight excluding hydrogens is 262 g/mol. The number of nitrogens with zero attached hydrogens (tertiary/aromatic N) is 1. The number of nitrogens with one attached hydrogen (secondary N) is 2. The highest BCUT2D eigenvalue weighted by molar-refractivity contribution is 5.74. The third-order valence-corrected chi connectivity index (χ3v) is 4.79. The summed E-state index contributed by atoms with van der Waals surface area (Å²) in [5.41, 5.74) is 1.21. The zero-order valence-electron chi connectivity index (χ0n) is 12.6. The first-order valence-electron chi connectivity index (χ1n) is 8.24. The first kappa shape index (κ1) is 14.4. The van der Waals surface area contributed by atoms with E-state index in [1.165, 1.54) is 37.7 Å². The Morgan fingerprint density at radius 3 is 2.71 bits per heavy atom. The van der Waals surface area contributed by atoms with Gasteiger partial charge in [-0.3, -0.25) is 4.98 Å². The van der Waals surface area contributed by atoms with Gasteiger partial charge in [-0.15, -0.1) is 0 Å². The van der Waals surface area contributed by atoms with Crippen LogP contribution in [0, 0.1) is 11.8 Å². The monoisotopic (exact) mass is 287 g/mol. The van der Waals surface area contributed by atoms with Crippen molar-refractivity contribution < 1.29 is 4.79 Å². The average molecular weight is 287 g/mol. The fourth-order valence-corrected chi connectivity index (χ4v) is 3.46. The van der Waals surface area contributed by atoms with Crippen molar-refractivity contribution in [3.05, 3.63) is 30.1 Å². The van der Waals surface area contributed by atoms with Gasteiger partial charge in [-0.1, -0.05) is 12.8 Å². The number of carbonyl (C=O) groups excluding carboxylic acids is 1. The van der Waals surface area contributed by atoms with Gasteiger partial charge in [0.2, 0.25) is 0 Å². The van der Waals surface area contributed by atoms with E-state index in [1.54, 1.807) is 12.4 Å². The van der Waals surface area contributed by atoms with Crippen LogP contribution in [0.15, 0.2) is 24.5 Å². The zero-order valence-corrected chi connectivity index (χ0v) is 12.6. The Morgan fingerprint density at radius 1 is 1.14 bits per heavy atom. The van der Waals surface area contributed by atoms with E-state index in [2.05, 4.69) is 15.6 Å². The number of amides is 2. The highest BCUT2D eigenvalue weighted by Crippen LogP contribution is 2.43. The van der Waals surface area contributed by atoms with E-state index >= 15 is 0 Å². The van der Waals surface area contributed by atoms with Crippen molar-refractivity contribution >= 4 is 6.03 Å². The largest absolute Gasteiger partial charge is 0.338 e. The number of urea groups is 1. The van der Waals surface area contributed by atoms with Gasteiger partial charge in [-0.2, -0.15) is 0 Å². The smallest absolute Gasteiger partial charge is 0.315 e. The van der Waals surface area contributed by atoms with Crippen molar-refractivity contribution in [3.63, 3.8) is 0 Å².